The molecule has 0 unspecified atom stereocenters. The topological polar surface area (TPSA) is 132 Å². The molecule has 0 aliphatic carbocycles. The molecule has 0 fully saturated rings. The van der Waals surface area contributed by atoms with Crippen molar-refractivity contribution in [3.05, 3.63) is 71.3 Å². The lowest BCUT2D eigenvalue weighted by atomic mass is 10.2. The van der Waals surface area contributed by atoms with Crippen molar-refractivity contribution in [2.24, 2.45) is 11.8 Å². The monoisotopic (exact) mass is 558 g/mol. The Morgan fingerprint density at radius 2 is 0.842 bits per heavy atom. The summed E-state index contributed by atoms with van der Waals surface area (Å²) in [5.74, 6) is -1.94. The van der Waals surface area contributed by atoms with Crippen molar-refractivity contribution in [1.29, 1.82) is 0 Å². The van der Waals surface area contributed by atoms with E-state index in [1.54, 1.807) is 27.7 Å². The third-order valence-electron chi connectivity index (χ3n) is 5.03. The highest BCUT2D eigenvalue weighted by molar-refractivity contribution is 5.85. The van der Waals surface area contributed by atoms with Crippen LogP contribution >= 0.6 is 24.8 Å². The van der Waals surface area contributed by atoms with Gasteiger partial charge >= 0.3 is 11.9 Å². The maximum Gasteiger partial charge on any atom is 0.305 e. The average molecular weight is 559 g/mol. The van der Waals surface area contributed by atoms with Crippen molar-refractivity contribution in [3.63, 3.8) is 0 Å². The van der Waals surface area contributed by atoms with E-state index in [1.165, 1.54) is 0 Å². The van der Waals surface area contributed by atoms with Crippen LogP contribution in [0.2, 0.25) is 0 Å². The Kier molecular flexibility index (Phi) is 12.5. The lowest BCUT2D eigenvalue weighted by Crippen LogP contribution is -2.03. The molecule has 0 amide bonds. The van der Waals surface area contributed by atoms with Crippen LogP contribution < -0.4 is 0 Å². The molecule has 2 aliphatic rings. The van der Waals surface area contributed by atoms with Crippen molar-refractivity contribution < 1.29 is 19.8 Å². The maximum absolute atomic E-state index is 9.70. The summed E-state index contributed by atoms with van der Waals surface area (Å²) in [4.78, 5) is 35.4. The fourth-order valence-electron chi connectivity index (χ4n) is 2.94. The van der Waals surface area contributed by atoms with Gasteiger partial charge in [-0.05, 0) is 72.8 Å². The molecule has 0 aromatic carbocycles. The molecule has 3 aromatic heterocycles. The molecule has 10 heteroatoms. The first kappa shape index (κ1) is 32.1. The second kappa shape index (κ2) is 14.8. The molecule has 0 saturated heterocycles. The Balaban J connectivity index is 0.000000439. The lowest BCUT2D eigenvalue weighted by Gasteiger charge is -1.89. The predicted molar refractivity (Wildman–Crippen MR) is 158 cm³/mol. The third-order valence-corrected chi connectivity index (χ3v) is 5.03. The van der Waals surface area contributed by atoms with E-state index >= 15 is 0 Å². The van der Waals surface area contributed by atoms with E-state index < -0.39 is 11.9 Å². The summed E-state index contributed by atoms with van der Waals surface area (Å²) in [5.41, 5.74) is 7.86. The van der Waals surface area contributed by atoms with E-state index in [4.69, 9.17) is 10.2 Å². The largest absolute Gasteiger partial charge is 0.481 e. The van der Waals surface area contributed by atoms with Crippen LogP contribution in [-0.2, 0) is 9.59 Å². The van der Waals surface area contributed by atoms with Gasteiger partial charge in [0.25, 0.3) is 0 Å². The Bertz CT molecular complexity index is 1360. The SMILES string of the molecule is C1=Cc2cc3ccc(cc4ccc(cc5nc(cc1n2)C=C5)[nH]4)[nH]3.CC(C)C(=O)O.CC(C)C(=O)O.Cl.Cl. The van der Waals surface area contributed by atoms with Gasteiger partial charge in [-0.2, -0.15) is 0 Å². The number of aliphatic carboxylic acids is 2. The number of aromatic nitrogens is 4. The van der Waals surface area contributed by atoms with Crippen LogP contribution in [0.15, 0.2) is 48.5 Å². The van der Waals surface area contributed by atoms with Gasteiger partial charge in [-0.1, -0.05) is 27.7 Å². The number of H-pyrrole nitrogens is 2. The van der Waals surface area contributed by atoms with Crippen molar-refractivity contribution >= 4 is 83.1 Å². The molecule has 8 nitrogen and oxygen atoms in total. The minimum Gasteiger partial charge on any atom is -0.481 e. The van der Waals surface area contributed by atoms with E-state index in [2.05, 4.69) is 50.3 Å². The molecule has 8 bridgehead atoms. The highest BCUT2D eigenvalue weighted by atomic mass is 35.5. The number of halogens is 2. The zero-order valence-corrected chi connectivity index (χ0v) is 23.1. The summed E-state index contributed by atoms with van der Waals surface area (Å²) in [7, 11) is 0. The molecule has 0 atom stereocenters. The smallest absolute Gasteiger partial charge is 0.305 e. The third kappa shape index (κ3) is 9.88. The van der Waals surface area contributed by atoms with Crippen molar-refractivity contribution in [1.82, 2.24) is 19.9 Å². The molecule has 5 heterocycles. The predicted octanol–water partition coefficient (Wildman–Crippen LogP) is 6.95. The van der Waals surface area contributed by atoms with Gasteiger partial charge in [0.2, 0.25) is 0 Å². The molecular formula is C28H32Cl2N4O4. The van der Waals surface area contributed by atoms with Crippen molar-refractivity contribution in [2.45, 2.75) is 27.7 Å². The van der Waals surface area contributed by atoms with E-state index in [0.717, 1.165) is 44.8 Å². The number of hydrogen-bond donors (Lipinski definition) is 4. The van der Waals surface area contributed by atoms with Crippen LogP contribution in [0.4, 0.5) is 0 Å². The normalized spacial score (nSPS) is 10.9. The molecule has 5 rings (SSSR count). The van der Waals surface area contributed by atoms with E-state index in [9.17, 15) is 9.59 Å². The average Bonchev–Trinajstić information content (AvgIpc) is 3.60. The number of fused-ring (bicyclic) bond motifs is 8. The summed E-state index contributed by atoms with van der Waals surface area (Å²) in [6, 6.07) is 16.4. The molecule has 202 valence electrons. The minimum atomic E-state index is -0.741. The highest BCUT2D eigenvalue weighted by Crippen LogP contribution is 2.17. The fourth-order valence-corrected chi connectivity index (χ4v) is 2.94. The molecule has 0 radical (unpaired) electrons. The first-order chi connectivity index (χ1) is 17.1. The molecule has 2 aliphatic heterocycles. The van der Waals surface area contributed by atoms with E-state index in [-0.39, 0.29) is 36.6 Å². The maximum atomic E-state index is 9.70. The summed E-state index contributed by atoms with van der Waals surface area (Å²) >= 11 is 0. The zero-order chi connectivity index (χ0) is 26.2. The van der Waals surface area contributed by atoms with Crippen LogP contribution in [-0.4, -0.2) is 42.1 Å². The van der Waals surface area contributed by atoms with Gasteiger partial charge < -0.3 is 20.2 Å². The first-order valence-corrected chi connectivity index (χ1v) is 11.6. The molecule has 0 saturated carbocycles. The number of nitrogens with zero attached hydrogens (tertiary/aromatic N) is 2. The number of carboxylic acid groups (broad SMARTS) is 2. The van der Waals surface area contributed by atoms with Gasteiger partial charge in [-0.25, -0.2) is 9.97 Å². The number of carboxylic acids is 2. The molecule has 3 aromatic rings. The minimum absolute atomic E-state index is 0. The van der Waals surface area contributed by atoms with E-state index in [1.807, 2.05) is 42.5 Å². The second-order valence-electron chi connectivity index (χ2n) is 8.89. The Morgan fingerprint density at radius 3 is 1.13 bits per heavy atom. The number of aromatic amines is 2. The Morgan fingerprint density at radius 1 is 0.579 bits per heavy atom. The van der Waals surface area contributed by atoms with Crippen LogP contribution in [0.5, 0.6) is 0 Å². The number of carbonyl (C=O) groups is 2. The molecule has 0 spiro atoms. The first-order valence-electron chi connectivity index (χ1n) is 11.6. The lowest BCUT2D eigenvalue weighted by molar-refractivity contribution is -0.141. The van der Waals surface area contributed by atoms with Gasteiger partial charge in [-0.15, -0.1) is 24.8 Å². The number of nitrogens with one attached hydrogen (secondary N) is 2. The van der Waals surface area contributed by atoms with Crippen LogP contribution in [0.1, 0.15) is 50.5 Å². The van der Waals surface area contributed by atoms with Crippen LogP contribution in [0.3, 0.4) is 0 Å². The summed E-state index contributed by atoms with van der Waals surface area (Å²) < 4.78 is 0. The van der Waals surface area contributed by atoms with Crippen molar-refractivity contribution in [2.75, 3.05) is 0 Å². The van der Waals surface area contributed by atoms with Gasteiger partial charge in [0.1, 0.15) is 0 Å². The quantitative estimate of drug-likeness (QED) is 0.185. The van der Waals surface area contributed by atoms with Crippen LogP contribution in [0.25, 0.3) is 46.4 Å². The summed E-state index contributed by atoms with van der Waals surface area (Å²) in [6.07, 6.45) is 8.05. The number of hydrogen-bond acceptors (Lipinski definition) is 4. The van der Waals surface area contributed by atoms with Crippen molar-refractivity contribution in [3.8, 4) is 0 Å². The van der Waals surface area contributed by atoms with Gasteiger partial charge in [0, 0.05) is 22.1 Å². The molecule has 4 N–H and O–H groups in total. The Hall–Kier alpha value is -3.88. The van der Waals surface area contributed by atoms with Crippen LogP contribution in [0, 0.1) is 11.8 Å². The number of rotatable bonds is 2. The molecular weight excluding hydrogens is 527 g/mol. The standard InChI is InChI=1S/C20H14N4.2C4H8O2.2ClH/c1-2-14-10-16-5-6-18(23-16)12-20-8-7-19(24-20)11-17-4-3-15(22-17)9-13(1)21-14;2*1-3(2)4(5)6;;/h1-12,21-22H;2*3H,1-2H3,(H,5,6);2*1H. The summed E-state index contributed by atoms with van der Waals surface area (Å²) in [5, 5.41) is 16.0. The highest BCUT2D eigenvalue weighted by Gasteiger charge is 2.02. The van der Waals surface area contributed by atoms with Gasteiger partial charge in [-0.3, -0.25) is 9.59 Å². The molecule has 38 heavy (non-hydrogen) atoms. The Labute approximate surface area is 233 Å². The second-order valence-corrected chi connectivity index (χ2v) is 8.89. The zero-order valence-electron chi connectivity index (χ0n) is 21.5. The fraction of sp³-hybridized carbons (Fsp3) is 0.214. The van der Waals surface area contributed by atoms with E-state index in [0.29, 0.717) is 0 Å². The summed E-state index contributed by atoms with van der Waals surface area (Å²) in [6.45, 7) is 6.56. The van der Waals surface area contributed by atoms with Gasteiger partial charge in [0.05, 0.1) is 34.6 Å². The van der Waals surface area contributed by atoms with Gasteiger partial charge in [0.15, 0.2) is 0 Å².